The molecule has 0 aliphatic rings. The van der Waals surface area contributed by atoms with Crippen molar-refractivity contribution in [2.75, 3.05) is 6.54 Å². The first-order chi connectivity index (χ1) is 7.06. The van der Waals surface area contributed by atoms with Gasteiger partial charge in [0, 0.05) is 23.7 Å². The first kappa shape index (κ1) is 12.0. The lowest BCUT2D eigenvalue weighted by Gasteiger charge is -2.13. The molecular formula is C10H13F3N2. The third-order valence-corrected chi connectivity index (χ3v) is 2.13. The van der Waals surface area contributed by atoms with E-state index in [2.05, 4.69) is 0 Å². The minimum Gasteiger partial charge on any atom is -0.330 e. The van der Waals surface area contributed by atoms with Crippen LogP contribution in [0.5, 0.6) is 0 Å². The van der Waals surface area contributed by atoms with Crippen molar-refractivity contribution in [3.8, 4) is 0 Å². The fourth-order valence-corrected chi connectivity index (χ4v) is 1.39. The highest BCUT2D eigenvalue weighted by Gasteiger charge is 2.17. The molecule has 84 valence electrons. The van der Waals surface area contributed by atoms with Crippen molar-refractivity contribution in [2.24, 2.45) is 11.5 Å². The third kappa shape index (κ3) is 2.94. The average molecular weight is 218 g/mol. The zero-order chi connectivity index (χ0) is 11.4. The normalized spacial score (nSPS) is 12.9. The summed E-state index contributed by atoms with van der Waals surface area (Å²) < 4.78 is 39.0. The molecule has 5 heteroatoms. The quantitative estimate of drug-likeness (QED) is 0.810. The van der Waals surface area contributed by atoms with Crippen LogP contribution in [-0.2, 0) is 0 Å². The minimum atomic E-state index is -0.947. The van der Waals surface area contributed by atoms with Crippen LogP contribution in [0.4, 0.5) is 13.2 Å². The number of nitrogens with two attached hydrogens (primary N) is 2. The Labute approximate surface area is 86.1 Å². The monoisotopic (exact) mass is 218 g/mol. The summed E-state index contributed by atoms with van der Waals surface area (Å²) >= 11 is 0. The maximum absolute atomic E-state index is 13.2. The molecule has 15 heavy (non-hydrogen) atoms. The van der Waals surface area contributed by atoms with Gasteiger partial charge >= 0.3 is 0 Å². The van der Waals surface area contributed by atoms with Crippen molar-refractivity contribution in [3.05, 3.63) is 35.1 Å². The molecule has 0 heterocycles. The molecule has 0 aliphatic carbocycles. The van der Waals surface area contributed by atoms with Gasteiger partial charge in [-0.2, -0.15) is 0 Å². The second kappa shape index (κ2) is 5.14. The molecule has 4 N–H and O–H groups in total. The molecule has 0 saturated carbocycles. The highest BCUT2D eigenvalue weighted by atomic mass is 19.1. The molecule has 0 unspecified atom stereocenters. The van der Waals surface area contributed by atoms with E-state index < -0.39 is 23.5 Å². The predicted molar refractivity (Wildman–Crippen MR) is 51.5 cm³/mol. The van der Waals surface area contributed by atoms with Crippen molar-refractivity contribution in [2.45, 2.75) is 18.9 Å². The van der Waals surface area contributed by atoms with E-state index in [1.807, 2.05) is 0 Å². The smallest absolute Gasteiger partial charge is 0.133 e. The molecule has 0 bridgehead atoms. The van der Waals surface area contributed by atoms with Crippen molar-refractivity contribution in [1.82, 2.24) is 0 Å². The predicted octanol–water partition coefficient (Wildman–Crippen LogP) is 1.84. The third-order valence-electron chi connectivity index (χ3n) is 2.13. The zero-order valence-electron chi connectivity index (χ0n) is 8.14. The van der Waals surface area contributed by atoms with Gasteiger partial charge in [0.1, 0.15) is 17.5 Å². The summed E-state index contributed by atoms with van der Waals surface area (Å²) in [6.45, 7) is 0.401. The Balaban J connectivity index is 2.92. The van der Waals surface area contributed by atoms with Crippen LogP contribution in [0.25, 0.3) is 0 Å². The number of hydrogen-bond donors (Lipinski definition) is 2. The van der Waals surface area contributed by atoms with Crippen LogP contribution in [0.1, 0.15) is 24.4 Å². The number of halogens is 3. The lowest BCUT2D eigenvalue weighted by Crippen LogP contribution is -2.16. The van der Waals surface area contributed by atoms with E-state index in [0.717, 1.165) is 0 Å². The number of hydrogen-bond acceptors (Lipinski definition) is 2. The largest absolute Gasteiger partial charge is 0.330 e. The van der Waals surface area contributed by atoms with Crippen molar-refractivity contribution in [1.29, 1.82) is 0 Å². The summed E-state index contributed by atoms with van der Waals surface area (Å²) in [5.74, 6) is -2.84. The Morgan fingerprint density at radius 3 is 2.13 bits per heavy atom. The Hall–Kier alpha value is -1.07. The van der Waals surface area contributed by atoms with Crippen LogP contribution in [0.2, 0.25) is 0 Å². The van der Waals surface area contributed by atoms with Crippen molar-refractivity contribution >= 4 is 0 Å². The standard InChI is InChI=1S/C10H13F3N2/c11-6-4-7(12)10(8(13)5-6)9(15)2-1-3-14/h4-5,9H,1-3,14-15H2/t9-/m1/s1. The van der Waals surface area contributed by atoms with Crippen molar-refractivity contribution < 1.29 is 13.2 Å². The number of rotatable bonds is 4. The SMILES string of the molecule is NCCC[C@@H](N)c1c(F)cc(F)cc1F. The fraction of sp³-hybridized carbons (Fsp3) is 0.400. The second-order valence-electron chi connectivity index (χ2n) is 3.32. The topological polar surface area (TPSA) is 52.0 Å². The average Bonchev–Trinajstić information content (AvgIpc) is 2.12. The van der Waals surface area contributed by atoms with E-state index in [1.54, 1.807) is 0 Å². The first-order valence-electron chi connectivity index (χ1n) is 4.66. The molecule has 1 atom stereocenters. The molecule has 0 radical (unpaired) electrons. The summed E-state index contributed by atoms with van der Waals surface area (Å²) in [6, 6.07) is 0.468. The van der Waals surface area contributed by atoms with Crippen LogP contribution < -0.4 is 11.5 Å². The van der Waals surface area contributed by atoms with Crippen LogP contribution in [0.15, 0.2) is 12.1 Å². The van der Waals surface area contributed by atoms with E-state index >= 15 is 0 Å². The molecule has 2 nitrogen and oxygen atoms in total. The van der Waals surface area contributed by atoms with E-state index in [4.69, 9.17) is 11.5 Å². The van der Waals surface area contributed by atoms with Crippen LogP contribution in [-0.4, -0.2) is 6.54 Å². The molecule has 1 rings (SSSR count). The van der Waals surface area contributed by atoms with E-state index in [9.17, 15) is 13.2 Å². The van der Waals surface area contributed by atoms with Gasteiger partial charge in [0.05, 0.1) is 0 Å². The maximum atomic E-state index is 13.2. The highest BCUT2D eigenvalue weighted by Crippen LogP contribution is 2.23. The molecule has 0 saturated heterocycles. The van der Waals surface area contributed by atoms with Gasteiger partial charge in [0.25, 0.3) is 0 Å². The Morgan fingerprint density at radius 1 is 1.13 bits per heavy atom. The summed E-state index contributed by atoms with van der Waals surface area (Å²) in [5.41, 5.74) is 10.6. The Bertz CT molecular complexity index is 318. The van der Waals surface area contributed by atoms with Gasteiger partial charge in [-0.1, -0.05) is 0 Å². The Kier molecular flexibility index (Phi) is 4.11. The molecule has 1 aromatic rings. The molecule has 0 amide bonds. The molecule has 0 fully saturated rings. The Morgan fingerprint density at radius 2 is 1.67 bits per heavy atom. The minimum absolute atomic E-state index is 0.273. The summed E-state index contributed by atoms with van der Waals surface area (Å²) in [4.78, 5) is 0. The van der Waals surface area contributed by atoms with Gasteiger partial charge in [-0.05, 0) is 19.4 Å². The molecule has 1 aromatic carbocycles. The molecule has 0 aromatic heterocycles. The molecule has 0 aliphatic heterocycles. The lowest BCUT2D eigenvalue weighted by atomic mass is 10.0. The van der Waals surface area contributed by atoms with E-state index in [1.165, 1.54) is 0 Å². The maximum Gasteiger partial charge on any atom is 0.133 e. The molecule has 0 spiro atoms. The summed E-state index contributed by atoms with van der Waals surface area (Å²) in [6.07, 6.45) is 0.938. The van der Waals surface area contributed by atoms with E-state index in [0.29, 0.717) is 31.5 Å². The van der Waals surface area contributed by atoms with E-state index in [-0.39, 0.29) is 5.56 Å². The summed E-state index contributed by atoms with van der Waals surface area (Å²) in [5, 5.41) is 0. The molecular weight excluding hydrogens is 205 g/mol. The highest BCUT2D eigenvalue weighted by molar-refractivity contribution is 5.23. The van der Waals surface area contributed by atoms with Crippen LogP contribution >= 0.6 is 0 Å². The zero-order valence-corrected chi connectivity index (χ0v) is 8.14. The summed E-state index contributed by atoms with van der Waals surface area (Å²) in [7, 11) is 0. The van der Waals surface area contributed by atoms with Gasteiger partial charge in [-0.25, -0.2) is 13.2 Å². The van der Waals surface area contributed by atoms with Crippen LogP contribution in [0, 0.1) is 17.5 Å². The first-order valence-corrected chi connectivity index (χ1v) is 4.66. The number of benzene rings is 1. The van der Waals surface area contributed by atoms with Crippen LogP contribution in [0.3, 0.4) is 0 Å². The van der Waals surface area contributed by atoms with Crippen molar-refractivity contribution in [3.63, 3.8) is 0 Å². The lowest BCUT2D eigenvalue weighted by molar-refractivity contribution is 0.488. The van der Waals surface area contributed by atoms with Gasteiger partial charge < -0.3 is 11.5 Å². The second-order valence-corrected chi connectivity index (χ2v) is 3.32. The van der Waals surface area contributed by atoms with Gasteiger partial charge in [0.15, 0.2) is 0 Å². The van der Waals surface area contributed by atoms with Gasteiger partial charge in [-0.3, -0.25) is 0 Å². The van der Waals surface area contributed by atoms with Gasteiger partial charge in [-0.15, -0.1) is 0 Å². The van der Waals surface area contributed by atoms with Gasteiger partial charge in [0.2, 0.25) is 0 Å². The fourth-order valence-electron chi connectivity index (χ4n) is 1.39.